The van der Waals surface area contributed by atoms with Crippen molar-refractivity contribution in [2.45, 2.75) is 33.8 Å². The van der Waals surface area contributed by atoms with E-state index in [-0.39, 0.29) is 19.5 Å². The molecule has 0 aliphatic carbocycles. The van der Waals surface area contributed by atoms with Crippen LogP contribution in [0.4, 0.5) is 13.2 Å². The number of rotatable bonds is 6. The first-order valence-corrected chi connectivity index (χ1v) is 11.9. The highest BCUT2D eigenvalue weighted by atomic mass is 35.5. The first kappa shape index (κ1) is 25.0. The summed E-state index contributed by atoms with van der Waals surface area (Å²) < 4.78 is 66.5. The number of nitrogens with one attached hydrogen (secondary N) is 1. The van der Waals surface area contributed by atoms with Gasteiger partial charge in [0.05, 0.1) is 10.5 Å². The number of aromatic hydroxyl groups is 1. The summed E-state index contributed by atoms with van der Waals surface area (Å²) in [5.74, 6) is -1.56. The van der Waals surface area contributed by atoms with Crippen molar-refractivity contribution < 1.29 is 36.6 Å². The molecule has 2 atom stereocenters. The Balaban J connectivity index is 2.04. The van der Waals surface area contributed by atoms with E-state index >= 15 is 0 Å². The van der Waals surface area contributed by atoms with Crippen molar-refractivity contribution in [3.63, 3.8) is 0 Å². The molecule has 0 radical (unpaired) electrons. The third-order valence-electron chi connectivity index (χ3n) is 4.84. The Labute approximate surface area is 196 Å². The number of aliphatic hydroxyl groups is 1. The van der Waals surface area contributed by atoms with Gasteiger partial charge >= 0.3 is 6.18 Å². The molecule has 0 saturated carbocycles. The quantitative estimate of drug-likeness (QED) is 0.437. The molecule has 3 N–H and O–H groups in total. The smallest absolute Gasteiger partial charge is 0.419 e. The van der Waals surface area contributed by atoms with E-state index in [1.165, 1.54) is 48.5 Å². The first-order chi connectivity index (χ1) is 15.2. The normalized spacial score (nSPS) is 15.0. The van der Waals surface area contributed by atoms with Gasteiger partial charge in [-0.15, -0.1) is 11.3 Å². The van der Waals surface area contributed by atoms with Crippen LogP contribution >= 0.6 is 22.9 Å². The van der Waals surface area contributed by atoms with Gasteiger partial charge in [-0.25, -0.2) is 8.42 Å². The van der Waals surface area contributed by atoms with Crippen LogP contribution in [0, 0.1) is 0 Å². The highest BCUT2D eigenvalue weighted by molar-refractivity contribution is 7.93. The molecule has 6 nitrogen and oxygen atoms in total. The minimum absolute atomic E-state index is 0.127. The lowest BCUT2D eigenvalue weighted by atomic mass is 9.93. The van der Waals surface area contributed by atoms with E-state index in [1.807, 2.05) is 0 Å². The average molecular weight is 520 g/mol. The van der Waals surface area contributed by atoms with Gasteiger partial charge < -0.3 is 15.5 Å². The Kier molecular flexibility index (Phi) is 6.81. The summed E-state index contributed by atoms with van der Waals surface area (Å²) in [7, 11) is -4.09. The Morgan fingerprint density at radius 1 is 1.06 bits per heavy atom. The third kappa shape index (κ3) is 5.01. The molecule has 12 heteroatoms. The molecule has 1 amide bonds. The molecule has 0 bridgehead atoms. The molecule has 0 aliphatic rings. The molecule has 0 fully saturated rings. The molecule has 33 heavy (non-hydrogen) atoms. The maximum Gasteiger partial charge on any atom is 0.419 e. The monoisotopic (exact) mass is 519 g/mol. The maximum absolute atomic E-state index is 13.7. The molecule has 2 unspecified atom stereocenters. The fourth-order valence-electron chi connectivity index (χ4n) is 2.89. The average Bonchev–Trinajstić information content (AvgIpc) is 3.22. The number of para-hydroxylation sites is 1. The SMILES string of the molecule is CC(O)(C(NC(=O)c1ccccc1O)c1ccc(S(=O)(=O)c2ccc(Cl)cc2)s1)C(F)(F)F. The number of hydrogen-bond donors (Lipinski definition) is 3. The number of carbonyl (C=O) groups is 1. The molecule has 0 spiro atoms. The van der Waals surface area contributed by atoms with Gasteiger partial charge in [0, 0.05) is 9.90 Å². The van der Waals surface area contributed by atoms with E-state index in [0.29, 0.717) is 23.3 Å². The summed E-state index contributed by atoms with van der Waals surface area (Å²) in [5, 5.41) is 22.6. The van der Waals surface area contributed by atoms with Gasteiger partial charge in [0.1, 0.15) is 16.0 Å². The Hall–Kier alpha value is -2.60. The van der Waals surface area contributed by atoms with E-state index in [1.54, 1.807) is 0 Å². The molecule has 0 aliphatic heterocycles. The van der Waals surface area contributed by atoms with Gasteiger partial charge in [-0.3, -0.25) is 4.79 Å². The molecular formula is C21H17ClF3NO5S2. The maximum atomic E-state index is 13.7. The summed E-state index contributed by atoms with van der Waals surface area (Å²) in [4.78, 5) is 12.2. The molecule has 0 saturated heterocycles. The first-order valence-electron chi connectivity index (χ1n) is 9.23. The second kappa shape index (κ2) is 8.98. The molecular weight excluding hydrogens is 503 g/mol. The van der Waals surface area contributed by atoms with Crippen LogP contribution in [0.2, 0.25) is 5.02 Å². The lowest BCUT2D eigenvalue weighted by Crippen LogP contribution is -2.53. The second-order valence-electron chi connectivity index (χ2n) is 7.18. The Morgan fingerprint density at radius 3 is 2.24 bits per heavy atom. The zero-order valence-electron chi connectivity index (χ0n) is 16.8. The van der Waals surface area contributed by atoms with Crippen LogP contribution in [-0.4, -0.2) is 36.3 Å². The fourth-order valence-corrected chi connectivity index (χ4v) is 5.92. The molecule has 2 aromatic carbocycles. The molecule has 1 aromatic heterocycles. The molecule has 1 heterocycles. The number of phenols is 1. The summed E-state index contributed by atoms with van der Waals surface area (Å²) in [6, 6.07) is 10.5. The van der Waals surface area contributed by atoms with Crippen molar-refractivity contribution in [1.29, 1.82) is 0 Å². The van der Waals surface area contributed by atoms with Gasteiger partial charge in [0.25, 0.3) is 5.91 Å². The topological polar surface area (TPSA) is 104 Å². The second-order valence-corrected chi connectivity index (χ2v) is 10.9. The minimum Gasteiger partial charge on any atom is -0.507 e. The Morgan fingerprint density at radius 2 is 1.67 bits per heavy atom. The van der Waals surface area contributed by atoms with Crippen molar-refractivity contribution in [2.24, 2.45) is 0 Å². The third-order valence-corrected chi connectivity index (χ3v) is 8.50. The zero-order valence-corrected chi connectivity index (χ0v) is 19.2. The molecule has 3 rings (SSSR count). The van der Waals surface area contributed by atoms with Crippen LogP contribution in [0.1, 0.15) is 28.2 Å². The van der Waals surface area contributed by atoms with E-state index in [9.17, 15) is 36.6 Å². The summed E-state index contributed by atoms with van der Waals surface area (Å²) in [5.41, 5.74) is -3.77. The van der Waals surface area contributed by atoms with Crippen molar-refractivity contribution in [2.75, 3.05) is 0 Å². The lowest BCUT2D eigenvalue weighted by Gasteiger charge is -2.34. The predicted octanol–water partition coefficient (Wildman–Crippen LogP) is 4.72. The fraction of sp³-hybridized carbons (Fsp3) is 0.190. The van der Waals surface area contributed by atoms with Crippen LogP contribution in [0.15, 0.2) is 69.8 Å². The highest BCUT2D eigenvalue weighted by Crippen LogP contribution is 2.43. The summed E-state index contributed by atoms with van der Waals surface area (Å²) in [6.07, 6.45) is -5.18. The van der Waals surface area contributed by atoms with E-state index in [4.69, 9.17) is 11.6 Å². The van der Waals surface area contributed by atoms with E-state index in [2.05, 4.69) is 5.32 Å². The van der Waals surface area contributed by atoms with Crippen LogP contribution in [0.3, 0.4) is 0 Å². The van der Waals surface area contributed by atoms with Gasteiger partial charge in [0.2, 0.25) is 9.84 Å². The molecule has 176 valence electrons. The Bertz CT molecular complexity index is 1270. The van der Waals surface area contributed by atoms with Crippen LogP contribution < -0.4 is 5.32 Å². The standard InChI is InChI=1S/C21H17ClF3NO5S2/c1-20(29,21(23,24)25)18(26-19(28)14-4-2-3-5-15(14)27)16-10-11-17(32-16)33(30,31)13-8-6-12(22)7-9-13/h2-11,18,27,29H,1H3,(H,26,28). The summed E-state index contributed by atoms with van der Waals surface area (Å²) >= 11 is 6.25. The van der Waals surface area contributed by atoms with Crippen molar-refractivity contribution in [1.82, 2.24) is 5.32 Å². The predicted molar refractivity (Wildman–Crippen MR) is 116 cm³/mol. The molecule has 3 aromatic rings. The van der Waals surface area contributed by atoms with Gasteiger partial charge in [0.15, 0.2) is 5.60 Å². The van der Waals surface area contributed by atoms with Crippen molar-refractivity contribution in [3.8, 4) is 5.75 Å². The van der Waals surface area contributed by atoms with Gasteiger partial charge in [-0.05, 0) is 55.5 Å². The van der Waals surface area contributed by atoms with E-state index < -0.39 is 39.3 Å². The number of alkyl halides is 3. The number of carbonyl (C=O) groups excluding carboxylic acids is 1. The highest BCUT2D eigenvalue weighted by Gasteiger charge is 2.56. The van der Waals surface area contributed by atoms with Gasteiger partial charge in [-0.2, -0.15) is 13.2 Å². The van der Waals surface area contributed by atoms with Crippen molar-refractivity contribution in [3.05, 3.63) is 76.1 Å². The number of hydrogen-bond acceptors (Lipinski definition) is 6. The number of amides is 1. The van der Waals surface area contributed by atoms with Crippen molar-refractivity contribution >= 4 is 38.7 Å². The van der Waals surface area contributed by atoms with Crippen LogP contribution in [0.25, 0.3) is 0 Å². The minimum atomic E-state index is -5.18. The summed E-state index contributed by atoms with van der Waals surface area (Å²) in [6.45, 7) is 0.468. The van der Waals surface area contributed by atoms with Crippen LogP contribution in [-0.2, 0) is 9.84 Å². The number of thiophene rings is 1. The number of phenolic OH excluding ortho intramolecular Hbond substituents is 1. The zero-order chi connectivity index (χ0) is 24.6. The number of benzene rings is 2. The van der Waals surface area contributed by atoms with Gasteiger partial charge in [-0.1, -0.05) is 23.7 Å². The van der Waals surface area contributed by atoms with E-state index in [0.717, 1.165) is 12.1 Å². The largest absolute Gasteiger partial charge is 0.507 e. The number of sulfone groups is 1. The van der Waals surface area contributed by atoms with Crippen LogP contribution in [0.5, 0.6) is 5.75 Å². The lowest BCUT2D eigenvalue weighted by molar-refractivity contribution is -0.263. The number of halogens is 4.